The van der Waals surface area contributed by atoms with Gasteiger partial charge in [-0.05, 0) is 26.5 Å². The number of carbonyl (C=O) groups excluding carboxylic acids is 1. The van der Waals surface area contributed by atoms with Crippen molar-refractivity contribution < 1.29 is 4.79 Å². The number of nitrogens with zero attached hydrogens (tertiary/aromatic N) is 5. The molecule has 2 rings (SSSR count). The maximum Gasteiger partial charge on any atom is 0.317 e. The quantitative estimate of drug-likeness (QED) is 0.848. The Kier molecular flexibility index (Phi) is 6.58. The third-order valence-corrected chi connectivity index (χ3v) is 4.21. The number of rotatable bonds is 6. The van der Waals surface area contributed by atoms with E-state index in [1.807, 2.05) is 11.0 Å². The van der Waals surface area contributed by atoms with E-state index in [-0.39, 0.29) is 6.03 Å². The Bertz CT molecular complexity index is 473. The number of hydrogen-bond donors (Lipinski definition) is 1. The zero-order chi connectivity index (χ0) is 16.7. The Hall–Kier alpha value is -1.89. The van der Waals surface area contributed by atoms with Gasteiger partial charge in [0.25, 0.3) is 0 Å². The van der Waals surface area contributed by atoms with Gasteiger partial charge in [-0.1, -0.05) is 6.92 Å². The molecule has 0 spiro atoms. The number of aromatic nitrogens is 2. The van der Waals surface area contributed by atoms with E-state index in [4.69, 9.17) is 0 Å². The largest absolute Gasteiger partial charge is 0.337 e. The third-order valence-electron chi connectivity index (χ3n) is 4.21. The molecule has 0 atom stereocenters. The van der Waals surface area contributed by atoms with Gasteiger partial charge in [-0.2, -0.15) is 0 Å². The molecule has 1 aliphatic rings. The van der Waals surface area contributed by atoms with Crippen LogP contribution >= 0.6 is 0 Å². The first kappa shape index (κ1) is 17.5. The molecule has 1 aliphatic heterocycles. The van der Waals surface area contributed by atoms with E-state index in [2.05, 4.69) is 45.9 Å². The van der Waals surface area contributed by atoms with Gasteiger partial charge < -0.3 is 15.1 Å². The minimum atomic E-state index is 0.0263. The van der Waals surface area contributed by atoms with Crippen LogP contribution in [0.5, 0.6) is 0 Å². The number of hydrogen-bond acceptors (Lipinski definition) is 5. The molecule has 1 aromatic rings. The molecule has 128 valence electrons. The van der Waals surface area contributed by atoms with Gasteiger partial charge in [0.1, 0.15) is 0 Å². The molecule has 1 saturated heterocycles. The maximum atomic E-state index is 12.2. The van der Waals surface area contributed by atoms with Gasteiger partial charge in [0, 0.05) is 57.7 Å². The van der Waals surface area contributed by atoms with Gasteiger partial charge in [0.05, 0.1) is 0 Å². The van der Waals surface area contributed by atoms with Crippen molar-refractivity contribution in [3.05, 3.63) is 18.5 Å². The Labute approximate surface area is 138 Å². The van der Waals surface area contributed by atoms with Gasteiger partial charge in [-0.3, -0.25) is 4.90 Å². The molecular weight excluding hydrogens is 292 g/mol. The maximum absolute atomic E-state index is 12.2. The summed E-state index contributed by atoms with van der Waals surface area (Å²) in [6.07, 6.45) is 3.49. The Balaban J connectivity index is 1.71. The van der Waals surface area contributed by atoms with Crippen molar-refractivity contribution in [3.8, 4) is 0 Å². The molecule has 0 bridgehead atoms. The second-order valence-electron chi connectivity index (χ2n) is 5.98. The first-order chi connectivity index (χ1) is 11.1. The van der Waals surface area contributed by atoms with Crippen LogP contribution in [0.2, 0.25) is 0 Å². The summed E-state index contributed by atoms with van der Waals surface area (Å²) in [6, 6.07) is 2.34. The van der Waals surface area contributed by atoms with E-state index in [0.717, 1.165) is 32.1 Å². The van der Waals surface area contributed by atoms with Crippen molar-refractivity contribution in [2.24, 2.45) is 0 Å². The highest BCUT2D eigenvalue weighted by Gasteiger charge is 2.22. The van der Waals surface area contributed by atoms with E-state index in [0.29, 0.717) is 25.7 Å². The molecule has 0 unspecified atom stereocenters. The summed E-state index contributed by atoms with van der Waals surface area (Å²) in [6.45, 7) is 12.0. The van der Waals surface area contributed by atoms with Gasteiger partial charge in [-0.15, -0.1) is 0 Å². The van der Waals surface area contributed by atoms with Crippen LogP contribution in [-0.4, -0.2) is 77.7 Å². The first-order valence-electron chi connectivity index (χ1n) is 8.40. The molecule has 1 N–H and O–H groups in total. The molecule has 2 heterocycles. The molecule has 1 fully saturated rings. The number of anilines is 1. The van der Waals surface area contributed by atoms with Crippen LogP contribution in [-0.2, 0) is 0 Å². The van der Waals surface area contributed by atoms with Crippen LogP contribution in [0.25, 0.3) is 0 Å². The Morgan fingerprint density at radius 3 is 2.48 bits per heavy atom. The summed E-state index contributed by atoms with van der Waals surface area (Å²) >= 11 is 0. The molecule has 0 saturated carbocycles. The normalized spacial score (nSPS) is 15.3. The summed E-state index contributed by atoms with van der Waals surface area (Å²) in [5.74, 6) is 0.739. The van der Waals surface area contributed by atoms with Crippen LogP contribution in [0.3, 0.4) is 0 Å². The molecule has 1 aromatic heterocycles. The molecule has 2 amide bonds. The number of piperazine rings is 1. The summed E-state index contributed by atoms with van der Waals surface area (Å²) in [4.78, 5) is 27.1. The lowest BCUT2D eigenvalue weighted by Gasteiger charge is -2.34. The number of likely N-dealkylation sites (N-methyl/N-ethyl adjacent to an activating group) is 1. The van der Waals surface area contributed by atoms with Crippen molar-refractivity contribution in [3.63, 3.8) is 0 Å². The molecule has 0 aliphatic carbocycles. The number of carbonyl (C=O) groups is 1. The topological polar surface area (TPSA) is 64.6 Å². The second-order valence-corrected chi connectivity index (χ2v) is 5.98. The smallest absolute Gasteiger partial charge is 0.317 e. The van der Waals surface area contributed by atoms with Crippen LogP contribution in [0, 0.1) is 0 Å². The zero-order valence-electron chi connectivity index (χ0n) is 14.4. The molecular formula is C16H28N6O. The highest BCUT2D eigenvalue weighted by molar-refractivity contribution is 5.74. The number of nitrogens with one attached hydrogen (secondary N) is 1. The highest BCUT2D eigenvalue weighted by atomic mass is 16.2. The van der Waals surface area contributed by atoms with Gasteiger partial charge in [-0.25, -0.2) is 14.8 Å². The van der Waals surface area contributed by atoms with Crippen molar-refractivity contribution in [1.82, 2.24) is 25.1 Å². The predicted molar refractivity (Wildman–Crippen MR) is 91.6 cm³/mol. The number of amides is 2. The van der Waals surface area contributed by atoms with Crippen molar-refractivity contribution in [2.45, 2.75) is 26.8 Å². The minimum Gasteiger partial charge on any atom is -0.337 e. The third kappa shape index (κ3) is 5.06. The fraction of sp³-hybridized carbons (Fsp3) is 0.688. The van der Waals surface area contributed by atoms with Crippen LogP contribution in [0.15, 0.2) is 18.5 Å². The fourth-order valence-electron chi connectivity index (χ4n) is 2.76. The Morgan fingerprint density at radius 1 is 1.26 bits per heavy atom. The van der Waals surface area contributed by atoms with Gasteiger partial charge in [0.2, 0.25) is 5.95 Å². The lowest BCUT2D eigenvalue weighted by Crippen LogP contribution is -2.53. The summed E-state index contributed by atoms with van der Waals surface area (Å²) in [7, 11) is 0. The monoisotopic (exact) mass is 320 g/mol. The lowest BCUT2D eigenvalue weighted by atomic mass is 10.3. The summed E-state index contributed by atoms with van der Waals surface area (Å²) in [5, 5.41) is 3.02. The van der Waals surface area contributed by atoms with E-state index >= 15 is 0 Å². The molecule has 7 nitrogen and oxygen atoms in total. The van der Waals surface area contributed by atoms with Crippen LogP contribution < -0.4 is 10.2 Å². The van der Waals surface area contributed by atoms with E-state index in [1.165, 1.54) is 0 Å². The molecule has 0 aromatic carbocycles. The average molecular weight is 320 g/mol. The predicted octanol–water partition coefficient (Wildman–Crippen LogP) is 1.04. The molecule has 7 heteroatoms. The fourth-order valence-corrected chi connectivity index (χ4v) is 2.76. The summed E-state index contributed by atoms with van der Waals surface area (Å²) < 4.78 is 0. The SMILES string of the molecule is CCN(CCNC(=O)N1CCN(c2ncccn2)CC1)C(C)C. The van der Waals surface area contributed by atoms with Gasteiger partial charge >= 0.3 is 6.03 Å². The van der Waals surface area contributed by atoms with Crippen LogP contribution in [0.1, 0.15) is 20.8 Å². The molecule has 23 heavy (non-hydrogen) atoms. The van der Waals surface area contributed by atoms with E-state index in [9.17, 15) is 4.79 Å². The summed E-state index contributed by atoms with van der Waals surface area (Å²) in [5.41, 5.74) is 0. The van der Waals surface area contributed by atoms with Crippen molar-refractivity contribution >= 4 is 12.0 Å². The molecule has 0 radical (unpaired) electrons. The zero-order valence-corrected chi connectivity index (χ0v) is 14.4. The van der Waals surface area contributed by atoms with Crippen molar-refractivity contribution in [2.75, 3.05) is 50.7 Å². The van der Waals surface area contributed by atoms with Gasteiger partial charge in [0.15, 0.2) is 0 Å². The lowest BCUT2D eigenvalue weighted by molar-refractivity contribution is 0.188. The van der Waals surface area contributed by atoms with Crippen molar-refractivity contribution in [1.29, 1.82) is 0 Å². The number of urea groups is 1. The van der Waals surface area contributed by atoms with E-state index < -0.39 is 0 Å². The highest BCUT2D eigenvalue weighted by Crippen LogP contribution is 2.09. The first-order valence-corrected chi connectivity index (χ1v) is 8.40. The van der Waals surface area contributed by atoms with Crippen LogP contribution in [0.4, 0.5) is 10.7 Å². The standard InChI is InChI=1S/C16H28N6O/c1-4-20(14(2)3)9-8-19-16(23)22-12-10-21(11-13-22)15-17-6-5-7-18-15/h5-7,14H,4,8-13H2,1-3H3,(H,19,23). The van der Waals surface area contributed by atoms with E-state index in [1.54, 1.807) is 12.4 Å². The average Bonchev–Trinajstić information content (AvgIpc) is 2.59. The minimum absolute atomic E-state index is 0.0263. The Morgan fingerprint density at radius 2 is 1.91 bits per heavy atom. The second kappa shape index (κ2) is 8.67.